The van der Waals surface area contributed by atoms with Crippen LogP contribution in [0.5, 0.6) is 0 Å². The molecule has 21 heavy (non-hydrogen) atoms. The van der Waals surface area contributed by atoms with Gasteiger partial charge in [-0.1, -0.05) is 30.3 Å². The lowest BCUT2D eigenvalue weighted by Crippen LogP contribution is -2.38. The first kappa shape index (κ1) is 15.6. The van der Waals surface area contributed by atoms with E-state index in [1.165, 1.54) is 16.0 Å². The molecule has 1 unspecified atom stereocenters. The molecule has 1 heterocycles. The monoisotopic (exact) mass is 301 g/mol. The minimum atomic E-state index is 0.230. The zero-order valence-corrected chi connectivity index (χ0v) is 13.7. The van der Waals surface area contributed by atoms with Gasteiger partial charge in [0.25, 0.3) is 0 Å². The number of nitrogens with one attached hydrogen (secondary N) is 2. The Labute approximate surface area is 131 Å². The Morgan fingerprint density at radius 1 is 1.24 bits per heavy atom. The zero-order chi connectivity index (χ0) is 15.1. The van der Waals surface area contributed by atoms with E-state index in [0.717, 1.165) is 19.0 Å². The van der Waals surface area contributed by atoms with Crippen molar-refractivity contribution in [3.05, 3.63) is 57.8 Å². The molecule has 0 aliphatic rings. The molecule has 2 N–H and O–H groups in total. The highest BCUT2D eigenvalue weighted by atomic mass is 32.1. The lowest BCUT2D eigenvalue weighted by atomic mass is 10.1. The molecule has 2 rings (SSSR count). The first-order chi connectivity index (χ1) is 10.2. The second-order valence-electron chi connectivity index (χ2n) is 5.00. The molecule has 0 spiro atoms. The summed E-state index contributed by atoms with van der Waals surface area (Å²) >= 11 is 1.76. The van der Waals surface area contributed by atoms with E-state index in [-0.39, 0.29) is 6.04 Å². The van der Waals surface area contributed by atoms with Gasteiger partial charge in [-0.2, -0.15) is 0 Å². The number of aliphatic imine (C=N–C) groups is 1. The van der Waals surface area contributed by atoms with Crippen LogP contribution in [0.2, 0.25) is 0 Å². The molecular formula is C17H23N3S. The third-order valence-electron chi connectivity index (χ3n) is 3.35. The molecule has 0 saturated heterocycles. The van der Waals surface area contributed by atoms with Gasteiger partial charge >= 0.3 is 0 Å². The lowest BCUT2D eigenvalue weighted by molar-refractivity contribution is 0.686. The summed E-state index contributed by atoms with van der Waals surface area (Å²) in [7, 11) is 0. The molecule has 1 aromatic carbocycles. The number of rotatable bonds is 5. The van der Waals surface area contributed by atoms with E-state index >= 15 is 0 Å². The third-order valence-corrected chi connectivity index (χ3v) is 4.35. The first-order valence-corrected chi connectivity index (χ1v) is 8.21. The molecule has 3 nitrogen and oxygen atoms in total. The summed E-state index contributed by atoms with van der Waals surface area (Å²) in [5, 5.41) is 8.89. The molecule has 0 fully saturated rings. The van der Waals surface area contributed by atoms with Crippen LogP contribution in [0.1, 0.15) is 35.9 Å². The highest BCUT2D eigenvalue weighted by Gasteiger charge is 2.07. The van der Waals surface area contributed by atoms with E-state index in [4.69, 9.17) is 0 Å². The number of benzene rings is 1. The molecule has 112 valence electrons. The van der Waals surface area contributed by atoms with Crippen LogP contribution < -0.4 is 10.6 Å². The quantitative estimate of drug-likeness (QED) is 0.649. The number of aryl methyl sites for hydroxylation is 1. The van der Waals surface area contributed by atoms with Gasteiger partial charge in [-0.25, -0.2) is 4.99 Å². The predicted octanol–water partition coefficient (Wildman–Crippen LogP) is 3.87. The Hall–Kier alpha value is -1.81. The lowest BCUT2D eigenvalue weighted by Gasteiger charge is -2.18. The van der Waals surface area contributed by atoms with E-state index in [1.54, 1.807) is 11.3 Å². The fraction of sp³-hybridized carbons (Fsp3) is 0.353. The number of hydrogen-bond donors (Lipinski definition) is 2. The topological polar surface area (TPSA) is 36.4 Å². The van der Waals surface area contributed by atoms with Crippen molar-refractivity contribution in [2.45, 2.75) is 33.4 Å². The molecule has 0 aliphatic heterocycles. The zero-order valence-electron chi connectivity index (χ0n) is 12.9. The van der Waals surface area contributed by atoms with Crippen LogP contribution in [0.4, 0.5) is 0 Å². The van der Waals surface area contributed by atoms with Crippen LogP contribution in [-0.4, -0.2) is 12.5 Å². The molecule has 4 heteroatoms. The number of thiophene rings is 1. The second kappa shape index (κ2) is 7.84. The Bertz CT molecular complexity index is 575. The van der Waals surface area contributed by atoms with E-state index in [2.05, 4.69) is 72.1 Å². The van der Waals surface area contributed by atoms with Gasteiger partial charge in [-0.3, -0.25) is 0 Å². The maximum atomic E-state index is 4.69. The van der Waals surface area contributed by atoms with E-state index in [0.29, 0.717) is 0 Å². The van der Waals surface area contributed by atoms with Gasteiger partial charge in [-0.05, 0) is 43.3 Å². The van der Waals surface area contributed by atoms with E-state index in [9.17, 15) is 0 Å². The number of guanidine groups is 1. The molecule has 0 aliphatic carbocycles. The van der Waals surface area contributed by atoms with Crippen molar-refractivity contribution < 1.29 is 0 Å². The summed E-state index contributed by atoms with van der Waals surface area (Å²) in [6.45, 7) is 7.95. The van der Waals surface area contributed by atoms with Crippen molar-refractivity contribution in [1.82, 2.24) is 10.6 Å². The summed E-state index contributed by atoms with van der Waals surface area (Å²) in [5.74, 6) is 0.863. The molecular weight excluding hydrogens is 278 g/mol. The maximum Gasteiger partial charge on any atom is 0.192 e. The van der Waals surface area contributed by atoms with Gasteiger partial charge in [-0.15, -0.1) is 11.3 Å². The fourth-order valence-corrected chi connectivity index (χ4v) is 2.90. The van der Waals surface area contributed by atoms with Gasteiger partial charge < -0.3 is 10.6 Å². The fourth-order valence-electron chi connectivity index (χ4n) is 2.07. The summed E-state index contributed by atoms with van der Waals surface area (Å²) in [5.41, 5.74) is 2.58. The molecule has 0 saturated carbocycles. The normalized spacial score (nSPS) is 13.0. The average molecular weight is 301 g/mol. The van der Waals surface area contributed by atoms with Crippen molar-refractivity contribution in [3.8, 4) is 0 Å². The smallest absolute Gasteiger partial charge is 0.192 e. The van der Waals surface area contributed by atoms with Crippen molar-refractivity contribution in [2.24, 2.45) is 4.99 Å². The summed E-state index contributed by atoms with van der Waals surface area (Å²) in [4.78, 5) is 6.01. The van der Waals surface area contributed by atoms with Crippen LogP contribution >= 0.6 is 11.3 Å². The van der Waals surface area contributed by atoms with Crippen molar-refractivity contribution in [1.29, 1.82) is 0 Å². The summed E-state index contributed by atoms with van der Waals surface area (Å²) in [6, 6.07) is 12.8. The Kier molecular flexibility index (Phi) is 5.81. The summed E-state index contributed by atoms with van der Waals surface area (Å²) in [6.07, 6.45) is 0. The van der Waals surface area contributed by atoms with Crippen LogP contribution in [0.15, 0.2) is 46.8 Å². The van der Waals surface area contributed by atoms with Gasteiger partial charge in [0, 0.05) is 11.4 Å². The molecule has 0 radical (unpaired) electrons. The van der Waals surface area contributed by atoms with Crippen LogP contribution in [0.3, 0.4) is 0 Å². The van der Waals surface area contributed by atoms with Crippen LogP contribution in [0, 0.1) is 6.92 Å². The molecule has 0 amide bonds. The van der Waals surface area contributed by atoms with Gasteiger partial charge in [0.2, 0.25) is 0 Å². The van der Waals surface area contributed by atoms with E-state index < -0.39 is 0 Å². The number of nitrogens with zero attached hydrogens (tertiary/aromatic N) is 1. The largest absolute Gasteiger partial charge is 0.357 e. The highest BCUT2D eigenvalue weighted by Crippen LogP contribution is 2.16. The SMILES string of the molecule is CCNC(=NCc1sccc1C)NC(C)c1ccccc1. The van der Waals surface area contributed by atoms with Crippen LogP contribution in [0.25, 0.3) is 0 Å². The van der Waals surface area contributed by atoms with Crippen LogP contribution in [-0.2, 0) is 6.54 Å². The Morgan fingerprint density at radius 2 is 2.00 bits per heavy atom. The van der Waals surface area contributed by atoms with Gasteiger partial charge in [0.15, 0.2) is 5.96 Å². The van der Waals surface area contributed by atoms with Gasteiger partial charge in [0.05, 0.1) is 12.6 Å². The molecule has 1 aromatic heterocycles. The van der Waals surface area contributed by atoms with Crippen molar-refractivity contribution in [2.75, 3.05) is 6.54 Å². The minimum Gasteiger partial charge on any atom is -0.357 e. The third kappa shape index (κ3) is 4.60. The van der Waals surface area contributed by atoms with E-state index in [1.807, 2.05) is 6.07 Å². The molecule has 1 atom stereocenters. The highest BCUT2D eigenvalue weighted by molar-refractivity contribution is 7.10. The Morgan fingerprint density at radius 3 is 2.62 bits per heavy atom. The molecule has 2 aromatic rings. The second-order valence-corrected chi connectivity index (χ2v) is 6.00. The Balaban J connectivity index is 2.03. The molecule has 0 bridgehead atoms. The number of hydrogen-bond acceptors (Lipinski definition) is 2. The maximum absolute atomic E-state index is 4.69. The average Bonchev–Trinajstić information content (AvgIpc) is 2.91. The first-order valence-electron chi connectivity index (χ1n) is 7.33. The van der Waals surface area contributed by atoms with Gasteiger partial charge in [0.1, 0.15) is 0 Å². The van der Waals surface area contributed by atoms with Crippen molar-refractivity contribution >= 4 is 17.3 Å². The predicted molar refractivity (Wildman–Crippen MR) is 91.9 cm³/mol. The summed E-state index contributed by atoms with van der Waals surface area (Å²) < 4.78 is 0. The van der Waals surface area contributed by atoms with Crippen molar-refractivity contribution in [3.63, 3.8) is 0 Å². The minimum absolute atomic E-state index is 0.230. The standard InChI is InChI=1S/C17H23N3S/c1-4-18-17(19-12-16-13(2)10-11-21-16)20-14(3)15-8-6-5-7-9-15/h5-11,14H,4,12H2,1-3H3,(H2,18,19,20).